The van der Waals surface area contributed by atoms with Gasteiger partial charge in [-0.2, -0.15) is 0 Å². The number of aromatic carboxylic acids is 2. The lowest BCUT2D eigenvalue weighted by atomic mass is 9.96. The molecule has 0 saturated heterocycles. The first-order chi connectivity index (χ1) is 13.4. The van der Waals surface area contributed by atoms with Crippen molar-refractivity contribution in [2.45, 2.75) is 39.2 Å². The average molecular weight is 390 g/mol. The van der Waals surface area contributed by atoms with Gasteiger partial charge in [-0.1, -0.05) is 56.7 Å². The number of aliphatic hydroxyl groups excluding tert-OH is 2. The Morgan fingerprint density at radius 3 is 1.43 bits per heavy atom. The molecule has 2 atom stereocenters. The first kappa shape index (κ1) is 25.3. The van der Waals surface area contributed by atoms with Crippen LogP contribution in [0.3, 0.4) is 0 Å². The van der Waals surface area contributed by atoms with Gasteiger partial charge >= 0.3 is 11.9 Å². The Kier molecular flexibility index (Phi) is 13.9. The van der Waals surface area contributed by atoms with Gasteiger partial charge in [0.1, 0.15) is 0 Å². The number of benzene rings is 2. The van der Waals surface area contributed by atoms with Gasteiger partial charge in [-0.25, -0.2) is 9.59 Å². The molecule has 28 heavy (non-hydrogen) atoms. The molecule has 2 rings (SSSR count). The Labute approximate surface area is 166 Å². The van der Waals surface area contributed by atoms with Gasteiger partial charge in [-0.05, 0) is 37.1 Å². The molecule has 2 aromatic carbocycles. The predicted octanol–water partition coefficient (Wildman–Crippen LogP) is 3.94. The lowest BCUT2D eigenvalue weighted by Gasteiger charge is -2.18. The number of hydrogen-bond donors (Lipinski definition) is 4. The van der Waals surface area contributed by atoms with Gasteiger partial charge in [0, 0.05) is 12.5 Å². The zero-order chi connectivity index (χ0) is 21.4. The number of rotatable bonds is 7. The molecule has 0 bridgehead atoms. The van der Waals surface area contributed by atoms with Crippen LogP contribution >= 0.6 is 0 Å². The Bertz CT molecular complexity index is 608. The van der Waals surface area contributed by atoms with E-state index in [1.807, 2.05) is 6.92 Å². The van der Waals surface area contributed by atoms with Gasteiger partial charge in [0.25, 0.3) is 0 Å². The molecule has 6 nitrogen and oxygen atoms in total. The van der Waals surface area contributed by atoms with Crippen molar-refractivity contribution in [3.05, 3.63) is 71.8 Å². The minimum Gasteiger partial charge on any atom is -0.478 e. The Morgan fingerprint density at radius 2 is 1.21 bits per heavy atom. The number of carboxylic acid groups (broad SMARTS) is 2. The summed E-state index contributed by atoms with van der Waals surface area (Å²) in [5.41, 5.74) is 0.662. The van der Waals surface area contributed by atoms with E-state index in [1.165, 1.54) is 0 Å². The summed E-state index contributed by atoms with van der Waals surface area (Å²) in [4.78, 5) is 20.4. The Hall–Kier alpha value is -2.70. The molecule has 6 heteroatoms. The molecule has 0 aliphatic rings. The van der Waals surface area contributed by atoms with Crippen LogP contribution in [0.1, 0.15) is 53.8 Å². The van der Waals surface area contributed by atoms with Crippen LogP contribution in [0.2, 0.25) is 0 Å². The largest absolute Gasteiger partial charge is 0.478 e. The molecule has 2 unspecified atom stereocenters. The Morgan fingerprint density at radius 1 is 0.821 bits per heavy atom. The van der Waals surface area contributed by atoms with Crippen LogP contribution in [0.15, 0.2) is 60.7 Å². The van der Waals surface area contributed by atoms with Crippen LogP contribution in [-0.4, -0.2) is 45.1 Å². The summed E-state index contributed by atoms with van der Waals surface area (Å²) >= 11 is 0. The van der Waals surface area contributed by atoms with Crippen molar-refractivity contribution < 1.29 is 30.0 Å². The highest BCUT2D eigenvalue weighted by Gasteiger charge is 2.14. The van der Waals surface area contributed by atoms with E-state index >= 15 is 0 Å². The summed E-state index contributed by atoms with van der Waals surface area (Å²) in [6.45, 7) is 4.11. The molecule has 0 spiro atoms. The maximum atomic E-state index is 10.2. The smallest absolute Gasteiger partial charge is 0.335 e. The third-order valence-corrected chi connectivity index (χ3v) is 3.90. The summed E-state index contributed by atoms with van der Waals surface area (Å²) in [7, 11) is 0. The maximum Gasteiger partial charge on any atom is 0.335 e. The first-order valence-electron chi connectivity index (χ1n) is 9.22. The van der Waals surface area contributed by atoms with Crippen molar-refractivity contribution in [3.63, 3.8) is 0 Å². The summed E-state index contributed by atoms with van der Waals surface area (Å²) in [6, 6.07) is 16.6. The van der Waals surface area contributed by atoms with Crippen LogP contribution < -0.4 is 0 Å². The fourth-order valence-electron chi connectivity index (χ4n) is 2.27. The molecule has 0 amide bonds. The van der Waals surface area contributed by atoms with Crippen molar-refractivity contribution in [3.8, 4) is 0 Å². The maximum absolute atomic E-state index is 10.2. The van der Waals surface area contributed by atoms with E-state index in [4.69, 9.17) is 15.3 Å². The first-order valence-corrected chi connectivity index (χ1v) is 9.22. The second kappa shape index (κ2) is 15.4. The van der Waals surface area contributed by atoms with Crippen LogP contribution in [0.4, 0.5) is 0 Å². The molecule has 0 aliphatic heterocycles. The van der Waals surface area contributed by atoms with E-state index in [9.17, 15) is 14.7 Å². The summed E-state index contributed by atoms with van der Waals surface area (Å²) < 4.78 is 0. The van der Waals surface area contributed by atoms with Crippen molar-refractivity contribution in [1.29, 1.82) is 0 Å². The topological polar surface area (TPSA) is 115 Å². The molecule has 0 heterocycles. The minimum atomic E-state index is -0.879. The molecular weight excluding hydrogens is 360 g/mol. The fraction of sp³-hybridized carbons (Fsp3) is 0.364. The Balaban J connectivity index is 0.000000391. The van der Waals surface area contributed by atoms with Crippen molar-refractivity contribution in [2.75, 3.05) is 6.61 Å². The van der Waals surface area contributed by atoms with E-state index < -0.39 is 11.9 Å². The third kappa shape index (κ3) is 11.1. The monoisotopic (exact) mass is 390 g/mol. The number of hydrogen-bond acceptors (Lipinski definition) is 4. The lowest BCUT2D eigenvalue weighted by molar-refractivity contribution is 0.0593. The summed E-state index contributed by atoms with van der Waals surface area (Å²) in [5, 5.41) is 34.9. The molecule has 0 fully saturated rings. The highest BCUT2D eigenvalue weighted by atomic mass is 16.4. The normalized spacial score (nSPS) is 11.7. The van der Waals surface area contributed by atoms with Crippen molar-refractivity contribution in [2.24, 2.45) is 5.92 Å². The predicted molar refractivity (Wildman–Crippen MR) is 109 cm³/mol. The molecule has 0 saturated carbocycles. The fourth-order valence-corrected chi connectivity index (χ4v) is 2.27. The van der Waals surface area contributed by atoms with Gasteiger partial charge in [0.15, 0.2) is 0 Å². The lowest BCUT2D eigenvalue weighted by Crippen LogP contribution is -2.22. The minimum absolute atomic E-state index is 0.0926. The van der Waals surface area contributed by atoms with Gasteiger partial charge in [-0.15, -0.1) is 0 Å². The zero-order valence-electron chi connectivity index (χ0n) is 16.4. The summed E-state index contributed by atoms with van der Waals surface area (Å²) in [6.07, 6.45) is 2.38. The van der Waals surface area contributed by atoms with Crippen molar-refractivity contribution >= 4 is 11.9 Å². The van der Waals surface area contributed by atoms with E-state index in [1.54, 1.807) is 60.7 Å². The molecule has 0 aliphatic carbocycles. The third-order valence-electron chi connectivity index (χ3n) is 3.90. The van der Waals surface area contributed by atoms with Gasteiger partial charge < -0.3 is 20.4 Å². The average Bonchev–Trinajstić information content (AvgIpc) is 2.73. The van der Waals surface area contributed by atoms with Crippen LogP contribution in [0, 0.1) is 5.92 Å². The van der Waals surface area contributed by atoms with E-state index in [-0.39, 0.29) is 18.6 Å². The number of aliphatic hydroxyl groups is 2. The molecule has 0 aromatic heterocycles. The van der Waals surface area contributed by atoms with Crippen LogP contribution in [-0.2, 0) is 0 Å². The van der Waals surface area contributed by atoms with E-state index in [2.05, 4.69) is 6.92 Å². The second-order valence-electron chi connectivity index (χ2n) is 6.05. The quantitative estimate of drug-likeness (QED) is 0.569. The van der Waals surface area contributed by atoms with Crippen LogP contribution in [0.25, 0.3) is 0 Å². The highest BCUT2D eigenvalue weighted by molar-refractivity contribution is 5.87. The molecule has 2 aromatic rings. The van der Waals surface area contributed by atoms with Crippen molar-refractivity contribution in [1.82, 2.24) is 0 Å². The summed E-state index contributed by atoms with van der Waals surface area (Å²) in [5.74, 6) is -1.67. The molecule has 4 N–H and O–H groups in total. The second-order valence-corrected chi connectivity index (χ2v) is 6.05. The molecule has 154 valence electrons. The molecular formula is C22H30O6. The van der Waals surface area contributed by atoms with Gasteiger partial charge in [-0.3, -0.25) is 0 Å². The zero-order valence-corrected chi connectivity index (χ0v) is 16.4. The highest BCUT2D eigenvalue weighted by Crippen LogP contribution is 2.12. The number of carboxylic acids is 2. The standard InChI is InChI=1S/C8H18O2.2C7H6O2/c1-3-5-7(6-9)8(10)4-2;2*8-7(9)6-4-2-1-3-5-6/h7-10H,3-6H2,1-2H3;2*1-5H,(H,8,9). The number of carbonyl (C=O) groups is 2. The van der Waals surface area contributed by atoms with E-state index in [0.717, 1.165) is 19.3 Å². The van der Waals surface area contributed by atoms with Gasteiger partial charge in [0.2, 0.25) is 0 Å². The van der Waals surface area contributed by atoms with Gasteiger partial charge in [0.05, 0.1) is 17.2 Å². The van der Waals surface area contributed by atoms with Crippen LogP contribution in [0.5, 0.6) is 0 Å². The molecule has 0 radical (unpaired) electrons. The van der Waals surface area contributed by atoms with E-state index in [0.29, 0.717) is 11.1 Å². The SMILES string of the molecule is CCCC(CO)C(O)CC.O=C(O)c1ccccc1.O=C(O)c1ccccc1.